The molecule has 4 nitrogen and oxygen atoms in total. The molecule has 0 N–H and O–H groups in total. The molecular weight excluding hydrogens is 308 g/mol. The number of carbonyl (C=O) groups excluding carboxylic acids is 1. The molecule has 100 valence electrons. The summed E-state index contributed by atoms with van der Waals surface area (Å²) in [6, 6.07) is 5.65. The average Bonchev–Trinajstić information content (AvgIpc) is 2.83. The van der Waals surface area contributed by atoms with Crippen LogP contribution in [0.15, 0.2) is 28.9 Å². The van der Waals surface area contributed by atoms with Gasteiger partial charge in [0.05, 0.1) is 13.3 Å². The highest BCUT2D eigenvalue weighted by molar-refractivity contribution is 9.10. The first-order valence-electron chi connectivity index (χ1n) is 5.99. The Labute approximate surface area is 120 Å². The zero-order valence-electron chi connectivity index (χ0n) is 11.1. The van der Waals surface area contributed by atoms with Crippen molar-refractivity contribution in [3.8, 4) is 5.75 Å². The zero-order chi connectivity index (χ0) is 14.0. The fraction of sp³-hybridized carbons (Fsp3) is 0.286. The molecule has 0 bridgehead atoms. The number of halogens is 1. The molecule has 0 aliphatic carbocycles. The van der Waals surface area contributed by atoms with Crippen molar-refractivity contribution in [3.63, 3.8) is 0 Å². The lowest BCUT2D eigenvalue weighted by Gasteiger charge is -2.09. The molecule has 0 atom stereocenters. The summed E-state index contributed by atoms with van der Waals surface area (Å²) in [5.74, 6) is 0.432. The van der Waals surface area contributed by atoms with Gasteiger partial charge >= 0.3 is 0 Å². The summed E-state index contributed by atoms with van der Waals surface area (Å²) in [6.07, 6.45) is 1.57. The quantitative estimate of drug-likeness (QED) is 0.812. The van der Waals surface area contributed by atoms with E-state index in [9.17, 15) is 4.79 Å². The summed E-state index contributed by atoms with van der Waals surface area (Å²) in [6.45, 7) is 4.48. The molecule has 0 amide bonds. The number of methoxy groups -OCH3 is 1. The molecule has 0 aliphatic rings. The highest BCUT2D eigenvalue weighted by Crippen LogP contribution is 2.24. The van der Waals surface area contributed by atoms with E-state index in [1.54, 1.807) is 18.0 Å². The second-order valence-corrected chi connectivity index (χ2v) is 5.08. The van der Waals surface area contributed by atoms with Crippen LogP contribution in [0.1, 0.15) is 28.5 Å². The van der Waals surface area contributed by atoms with Crippen LogP contribution in [0.4, 0.5) is 0 Å². The van der Waals surface area contributed by atoms with Crippen molar-refractivity contribution in [1.82, 2.24) is 9.78 Å². The highest BCUT2D eigenvalue weighted by atomic mass is 79.9. The number of ketones is 1. The van der Waals surface area contributed by atoms with Gasteiger partial charge in [0.2, 0.25) is 5.78 Å². The normalized spacial score (nSPS) is 10.5. The van der Waals surface area contributed by atoms with E-state index in [1.165, 1.54) is 0 Å². The Balaban J connectivity index is 2.55. The molecule has 0 fully saturated rings. The van der Waals surface area contributed by atoms with Crippen molar-refractivity contribution < 1.29 is 9.53 Å². The molecule has 19 heavy (non-hydrogen) atoms. The summed E-state index contributed by atoms with van der Waals surface area (Å²) < 4.78 is 7.76. The molecule has 0 saturated carbocycles. The third-order valence-corrected chi connectivity index (χ3v) is 3.48. The van der Waals surface area contributed by atoms with Crippen LogP contribution in [0.2, 0.25) is 0 Å². The lowest BCUT2D eigenvalue weighted by molar-refractivity contribution is 0.102. The number of ether oxygens (including phenoxy) is 1. The lowest BCUT2D eigenvalue weighted by Crippen LogP contribution is -2.12. The van der Waals surface area contributed by atoms with Gasteiger partial charge in [-0.05, 0) is 31.5 Å². The van der Waals surface area contributed by atoms with Gasteiger partial charge < -0.3 is 4.74 Å². The summed E-state index contributed by atoms with van der Waals surface area (Å²) in [7, 11) is 1.54. The third kappa shape index (κ3) is 2.56. The van der Waals surface area contributed by atoms with Gasteiger partial charge in [-0.15, -0.1) is 0 Å². The van der Waals surface area contributed by atoms with E-state index in [0.717, 1.165) is 10.0 Å². The number of rotatable bonds is 4. The smallest absolute Gasteiger partial charge is 0.215 e. The Kier molecular flexibility index (Phi) is 4.04. The van der Waals surface area contributed by atoms with Crippen molar-refractivity contribution in [2.75, 3.05) is 7.11 Å². The monoisotopic (exact) mass is 322 g/mol. The number of aryl methyl sites for hydroxylation is 2. The van der Waals surface area contributed by atoms with Crippen LogP contribution in [-0.2, 0) is 6.54 Å². The predicted octanol–water partition coefficient (Wildman–Crippen LogP) is 3.21. The molecule has 2 rings (SSSR count). The number of nitrogens with zero attached hydrogens (tertiary/aromatic N) is 2. The van der Waals surface area contributed by atoms with Gasteiger partial charge in [0.25, 0.3) is 0 Å². The molecule has 5 heteroatoms. The second kappa shape index (κ2) is 5.57. The minimum Gasteiger partial charge on any atom is -0.493 e. The number of aromatic nitrogens is 2. The van der Waals surface area contributed by atoms with Crippen molar-refractivity contribution in [2.45, 2.75) is 20.4 Å². The van der Waals surface area contributed by atoms with Gasteiger partial charge in [0.1, 0.15) is 0 Å². The molecule has 1 aromatic carbocycles. The van der Waals surface area contributed by atoms with Crippen LogP contribution < -0.4 is 4.74 Å². The molecule has 0 spiro atoms. The van der Waals surface area contributed by atoms with Gasteiger partial charge in [0.15, 0.2) is 11.4 Å². The maximum absolute atomic E-state index is 12.7. The van der Waals surface area contributed by atoms with E-state index in [-0.39, 0.29) is 5.78 Å². The van der Waals surface area contributed by atoms with Gasteiger partial charge in [-0.3, -0.25) is 9.48 Å². The second-order valence-electron chi connectivity index (χ2n) is 4.17. The Bertz CT molecular complexity index is 598. The van der Waals surface area contributed by atoms with E-state index >= 15 is 0 Å². The van der Waals surface area contributed by atoms with Crippen LogP contribution in [-0.4, -0.2) is 22.7 Å². The maximum Gasteiger partial charge on any atom is 0.215 e. The maximum atomic E-state index is 12.7. The first-order chi connectivity index (χ1) is 9.08. The van der Waals surface area contributed by atoms with Crippen LogP contribution in [0.25, 0.3) is 0 Å². The minimum atomic E-state index is -0.0741. The SMILES string of the molecule is CCn1ncc(OC)c1C(=O)c1cc(Br)ccc1C. The largest absolute Gasteiger partial charge is 0.493 e. The number of hydrogen-bond acceptors (Lipinski definition) is 3. The Morgan fingerprint density at radius 2 is 2.21 bits per heavy atom. The standard InChI is InChI=1S/C14H15BrN2O2/c1-4-17-13(12(19-3)8-16-17)14(18)11-7-10(15)6-5-9(11)2/h5-8H,4H2,1-3H3. The number of hydrogen-bond donors (Lipinski definition) is 0. The molecule has 2 aromatic rings. The van der Waals surface area contributed by atoms with Gasteiger partial charge in [-0.2, -0.15) is 5.10 Å². The molecular formula is C14H15BrN2O2. The first kappa shape index (κ1) is 13.8. The minimum absolute atomic E-state index is 0.0741. The van der Waals surface area contributed by atoms with Crippen LogP contribution in [0.3, 0.4) is 0 Å². The van der Waals surface area contributed by atoms with Crippen molar-refractivity contribution in [3.05, 3.63) is 45.7 Å². The third-order valence-electron chi connectivity index (χ3n) is 2.98. The number of benzene rings is 1. The summed E-state index contributed by atoms with van der Waals surface area (Å²) in [5, 5.41) is 4.16. The van der Waals surface area contributed by atoms with Crippen molar-refractivity contribution in [2.24, 2.45) is 0 Å². The Hall–Kier alpha value is -1.62. The summed E-state index contributed by atoms with van der Waals surface area (Å²) >= 11 is 3.39. The molecule has 1 aromatic heterocycles. The fourth-order valence-electron chi connectivity index (χ4n) is 1.95. The highest BCUT2D eigenvalue weighted by Gasteiger charge is 2.21. The topological polar surface area (TPSA) is 44.1 Å². The Morgan fingerprint density at radius 3 is 2.84 bits per heavy atom. The Morgan fingerprint density at radius 1 is 1.47 bits per heavy atom. The fourth-order valence-corrected chi connectivity index (χ4v) is 2.31. The van der Waals surface area contributed by atoms with Crippen LogP contribution in [0.5, 0.6) is 5.75 Å². The van der Waals surface area contributed by atoms with Crippen molar-refractivity contribution >= 4 is 21.7 Å². The van der Waals surface area contributed by atoms with E-state index < -0.39 is 0 Å². The zero-order valence-corrected chi connectivity index (χ0v) is 12.7. The summed E-state index contributed by atoms with van der Waals surface area (Å²) in [5.41, 5.74) is 2.08. The van der Waals surface area contributed by atoms with Gasteiger partial charge in [0, 0.05) is 16.6 Å². The van der Waals surface area contributed by atoms with E-state index in [1.807, 2.05) is 32.0 Å². The average molecular weight is 323 g/mol. The van der Waals surface area contributed by atoms with Crippen LogP contribution >= 0.6 is 15.9 Å². The van der Waals surface area contributed by atoms with Crippen LogP contribution in [0, 0.1) is 6.92 Å². The van der Waals surface area contributed by atoms with Crippen molar-refractivity contribution in [1.29, 1.82) is 0 Å². The summed E-state index contributed by atoms with van der Waals surface area (Å²) in [4.78, 5) is 12.7. The van der Waals surface area contributed by atoms with Gasteiger partial charge in [-0.1, -0.05) is 22.0 Å². The molecule has 0 radical (unpaired) electrons. The molecule has 0 saturated heterocycles. The molecule has 0 unspecified atom stereocenters. The van der Waals surface area contributed by atoms with Gasteiger partial charge in [-0.25, -0.2) is 0 Å². The molecule has 1 heterocycles. The lowest BCUT2D eigenvalue weighted by atomic mass is 10.0. The number of carbonyl (C=O) groups is 1. The molecule has 0 aliphatic heterocycles. The van der Waals surface area contributed by atoms with E-state index in [0.29, 0.717) is 23.6 Å². The van der Waals surface area contributed by atoms with E-state index in [4.69, 9.17) is 4.74 Å². The predicted molar refractivity (Wildman–Crippen MR) is 76.8 cm³/mol. The first-order valence-corrected chi connectivity index (χ1v) is 6.78. The van der Waals surface area contributed by atoms with E-state index in [2.05, 4.69) is 21.0 Å².